The molecule has 2 fully saturated rings. The molecule has 70 valence electrons. The molecule has 4 nitrogen and oxygen atoms in total. The number of nitrogens with one attached hydrogen (secondary N) is 1. The molecule has 2 aliphatic carbocycles. The van der Waals surface area contributed by atoms with Gasteiger partial charge in [-0.1, -0.05) is 0 Å². The Morgan fingerprint density at radius 3 is 2.77 bits per heavy atom. The maximum Gasteiger partial charge on any atom is 0.158 e. The molecule has 1 aromatic heterocycles. The molecule has 2 aliphatic rings. The van der Waals surface area contributed by atoms with Gasteiger partial charge in [-0.25, -0.2) is 4.98 Å². The molecule has 0 spiro atoms. The van der Waals surface area contributed by atoms with Gasteiger partial charge in [0.05, 0.1) is 0 Å². The number of hydrogen-bond acceptors (Lipinski definition) is 3. The second-order valence-electron chi connectivity index (χ2n) is 4.30. The summed E-state index contributed by atoms with van der Waals surface area (Å²) in [5, 5.41) is 7.30. The summed E-state index contributed by atoms with van der Waals surface area (Å²) < 4.78 is 0. The van der Waals surface area contributed by atoms with Crippen LogP contribution in [0.15, 0.2) is 0 Å². The number of hydrogen-bond donors (Lipinski definition) is 2. The lowest BCUT2D eigenvalue weighted by Crippen LogP contribution is -2.21. The predicted octanol–water partition coefficient (Wildman–Crippen LogP) is 0.672. The van der Waals surface area contributed by atoms with E-state index in [1.165, 1.54) is 12.8 Å². The van der Waals surface area contributed by atoms with Gasteiger partial charge in [0.25, 0.3) is 0 Å². The van der Waals surface area contributed by atoms with Crippen LogP contribution >= 0.6 is 0 Å². The minimum Gasteiger partial charge on any atom is -0.329 e. The molecule has 3 rings (SSSR count). The molecule has 1 aromatic rings. The Morgan fingerprint density at radius 1 is 1.46 bits per heavy atom. The van der Waals surface area contributed by atoms with Crippen molar-refractivity contribution in [1.82, 2.24) is 15.2 Å². The monoisotopic (exact) mass is 178 g/mol. The first-order valence-electron chi connectivity index (χ1n) is 4.97. The van der Waals surface area contributed by atoms with E-state index < -0.39 is 0 Å². The minimum absolute atomic E-state index is 0.143. The van der Waals surface area contributed by atoms with Gasteiger partial charge in [0.15, 0.2) is 5.82 Å². The Bertz CT molecular complexity index is 322. The summed E-state index contributed by atoms with van der Waals surface area (Å²) in [6, 6.07) is 0. The van der Waals surface area contributed by atoms with Crippen molar-refractivity contribution in [2.45, 2.75) is 37.0 Å². The van der Waals surface area contributed by atoms with E-state index in [-0.39, 0.29) is 5.41 Å². The number of nitrogens with two attached hydrogens (primary N) is 1. The second kappa shape index (κ2) is 2.32. The average Bonchev–Trinajstić information content (AvgIpc) is 3.07. The van der Waals surface area contributed by atoms with Gasteiger partial charge in [-0.05, 0) is 25.7 Å². The van der Waals surface area contributed by atoms with Crippen molar-refractivity contribution < 1.29 is 0 Å². The molecule has 0 unspecified atom stereocenters. The normalized spacial score (nSPS) is 24.7. The van der Waals surface area contributed by atoms with E-state index >= 15 is 0 Å². The standard InChI is InChI=1S/C9H14N4/c10-5-9(3-4-9)8-11-7(12-13-8)6-1-2-6/h6H,1-5,10H2,(H,11,12,13). The number of aromatic nitrogens is 3. The van der Waals surface area contributed by atoms with Crippen LogP contribution in [0.3, 0.4) is 0 Å². The third-order valence-corrected chi connectivity index (χ3v) is 3.19. The van der Waals surface area contributed by atoms with Crippen LogP contribution in [-0.4, -0.2) is 21.7 Å². The van der Waals surface area contributed by atoms with Crippen LogP contribution in [0.25, 0.3) is 0 Å². The summed E-state index contributed by atoms with van der Waals surface area (Å²) in [4.78, 5) is 4.53. The maximum atomic E-state index is 5.71. The van der Waals surface area contributed by atoms with Crippen LogP contribution in [0.2, 0.25) is 0 Å². The van der Waals surface area contributed by atoms with Crippen LogP contribution in [0.1, 0.15) is 43.3 Å². The minimum atomic E-state index is 0.143. The molecule has 0 bridgehead atoms. The highest BCUT2D eigenvalue weighted by atomic mass is 15.2. The SMILES string of the molecule is NCC1(c2n[nH]c(C3CC3)n2)CC1. The molecule has 0 aliphatic heterocycles. The van der Waals surface area contributed by atoms with Gasteiger partial charge < -0.3 is 5.73 Å². The first-order valence-corrected chi connectivity index (χ1v) is 4.97. The summed E-state index contributed by atoms with van der Waals surface area (Å²) in [6.07, 6.45) is 4.85. The van der Waals surface area contributed by atoms with E-state index in [2.05, 4.69) is 15.2 Å². The van der Waals surface area contributed by atoms with Crippen molar-refractivity contribution >= 4 is 0 Å². The zero-order valence-electron chi connectivity index (χ0n) is 7.58. The molecule has 13 heavy (non-hydrogen) atoms. The highest BCUT2D eigenvalue weighted by Gasteiger charge is 2.47. The van der Waals surface area contributed by atoms with Crippen LogP contribution in [-0.2, 0) is 5.41 Å². The molecular weight excluding hydrogens is 164 g/mol. The topological polar surface area (TPSA) is 67.6 Å². The smallest absolute Gasteiger partial charge is 0.158 e. The van der Waals surface area contributed by atoms with Crippen molar-refractivity contribution in [3.05, 3.63) is 11.6 Å². The molecule has 3 N–H and O–H groups in total. The summed E-state index contributed by atoms with van der Waals surface area (Å²) >= 11 is 0. The molecule has 0 radical (unpaired) electrons. The highest BCUT2D eigenvalue weighted by Crippen LogP contribution is 2.46. The van der Waals surface area contributed by atoms with E-state index in [0.29, 0.717) is 12.5 Å². The van der Waals surface area contributed by atoms with Crippen LogP contribution < -0.4 is 5.73 Å². The lowest BCUT2D eigenvalue weighted by atomic mass is 10.1. The fraction of sp³-hybridized carbons (Fsp3) is 0.778. The van der Waals surface area contributed by atoms with E-state index in [0.717, 1.165) is 24.5 Å². The fourth-order valence-corrected chi connectivity index (χ4v) is 1.72. The third kappa shape index (κ3) is 1.09. The number of H-pyrrole nitrogens is 1. The highest BCUT2D eigenvalue weighted by molar-refractivity contribution is 5.20. The van der Waals surface area contributed by atoms with Crippen molar-refractivity contribution in [2.24, 2.45) is 5.73 Å². The van der Waals surface area contributed by atoms with Gasteiger partial charge in [0, 0.05) is 17.9 Å². The summed E-state index contributed by atoms with van der Waals surface area (Å²) in [5.41, 5.74) is 5.85. The van der Waals surface area contributed by atoms with Crippen molar-refractivity contribution in [1.29, 1.82) is 0 Å². The Hall–Kier alpha value is -0.900. The van der Waals surface area contributed by atoms with Crippen LogP contribution in [0, 0.1) is 0 Å². The number of nitrogens with zero attached hydrogens (tertiary/aromatic N) is 2. The van der Waals surface area contributed by atoms with E-state index in [9.17, 15) is 0 Å². The van der Waals surface area contributed by atoms with Gasteiger partial charge in [-0.3, -0.25) is 5.10 Å². The first kappa shape index (κ1) is 7.50. The van der Waals surface area contributed by atoms with Gasteiger partial charge in [-0.15, -0.1) is 0 Å². The molecule has 0 atom stereocenters. The van der Waals surface area contributed by atoms with Gasteiger partial charge >= 0.3 is 0 Å². The first-order chi connectivity index (χ1) is 6.34. The zero-order valence-corrected chi connectivity index (χ0v) is 7.58. The summed E-state index contributed by atoms with van der Waals surface area (Å²) in [6.45, 7) is 0.689. The molecule has 0 saturated heterocycles. The van der Waals surface area contributed by atoms with Gasteiger partial charge in [0.1, 0.15) is 5.82 Å². The average molecular weight is 178 g/mol. The van der Waals surface area contributed by atoms with E-state index in [4.69, 9.17) is 5.73 Å². The maximum absolute atomic E-state index is 5.71. The Balaban J connectivity index is 1.88. The number of aromatic amines is 1. The van der Waals surface area contributed by atoms with Crippen molar-refractivity contribution in [3.63, 3.8) is 0 Å². The third-order valence-electron chi connectivity index (χ3n) is 3.19. The van der Waals surface area contributed by atoms with E-state index in [1.807, 2.05) is 0 Å². The van der Waals surface area contributed by atoms with Crippen LogP contribution in [0.4, 0.5) is 0 Å². The van der Waals surface area contributed by atoms with Crippen molar-refractivity contribution in [3.8, 4) is 0 Å². The molecule has 0 aromatic carbocycles. The Kier molecular flexibility index (Phi) is 1.34. The zero-order chi connectivity index (χ0) is 8.89. The van der Waals surface area contributed by atoms with Crippen LogP contribution in [0.5, 0.6) is 0 Å². The molecule has 4 heteroatoms. The quantitative estimate of drug-likeness (QED) is 0.715. The van der Waals surface area contributed by atoms with Crippen molar-refractivity contribution in [2.75, 3.05) is 6.54 Å². The predicted molar refractivity (Wildman–Crippen MR) is 48.3 cm³/mol. The molecule has 1 heterocycles. The Labute approximate surface area is 76.9 Å². The second-order valence-corrected chi connectivity index (χ2v) is 4.30. The Morgan fingerprint density at radius 2 is 2.23 bits per heavy atom. The van der Waals surface area contributed by atoms with E-state index in [1.54, 1.807) is 0 Å². The lowest BCUT2D eigenvalue weighted by molar-refractivity contribution is 0.652. The largest absolute Gasteiger partial charge is 0.329 e. The lowest BCUT2D eigenvalue weighted by Gasteiger charge is -2.04. The van der Waals surface area contributed by atoms with Gasteiger partial charge in [0.2, 0.25) is 0 Å². The fourth-order valence-electron chi connectivity index (χ4n) is 1.72. The summed E-state index contributed by atoms with van der Waals surface area (Å²) in [5.74, 6) is 2.70. The van der Waals surface area contributed by atoms with Gasteiger partial charge in [-0.2, -0.15) is 5.10 Å². The summed E-state index contributed by atoms with van der Waals surface area (Å²) in [7, 11) is 0. The number of rotatable bonds is 3. The molecule has 0 amide bonds. The molecule has 2 saturated carbocycles. The molecular formula is C9H14N4.